The number of nitrogens with one attached hydrogen (secondary N) is 1. The molecule has 5 rings (SSSR count). The van der Waals surface area contributed by atoms with Crippen LogP contribution in [0.25, 0.3) is 0 Å². The van der Waals surface area contributed by atoms with Crippen LogP contribution in [0.15, 0.2) is 101 Å². The molecule has 1 aliphatic heterocycles. The van der Waals surface area contributed by atoms with Crippen molar-refractivity contribution in [1.29, 1.82) is 0 Å². The molecule has 0 amide bonds. The molecule has 1 aromatic heterocycles. The van der Waals surface area contributed by atoms with Crippen molar-refractivity contribution in [3.05, 3.63) is 134 Å². The van der Waals surface area contributed by atoms with Crippen LogP contribution in [0, 0.1) is 5.82 Å². The van der Waals surface area contributed by atoms with Gasteiger partial charge in [-0.2, -0.15) is 4.39 Å². The van der Waals surface area contributed by atoms with Crippen LogP contribution in [-0.2, 0) is 19.5 Å². The molecule has 1 saturated heterocycles. The lowest BCUT2D eigenvalue weighted by atomic mass is 9.79. The van der Waals surface area contributed by atoms with Gasteiger partial charge in [-0.1, -0.05) is 116 Å². The van der Waals surface area contributed by atoms with Crippen molar-refractivity contribution in [3.8, 4) is 5.75 Å². The van der Waals surface area contributed by atoms with Crippen molar-refractivity contribution in [1.82, 2.24) is 9.55 Å². The van der Waals surface area contributed by atoms with E-state index >= 15 is 4.39 Å². The van der Waals surface area contributed by atoms with Crippen LogP contribution < -0.4 is 16.0 Å². The predicted octanol–water partition coefficient (Wildman–Crippen LogP) is 7.12. The summed E-state index contributed by atoms with van der Waals surface area (Å²) in [5, 5.41) is -0.178. The summed E-state index contributed by atoms with van der Waals surface area (Å²) in [6, 6.07) is 26.3. The molecule has 8 nitrogen and oxygen atoms in total. The summed E-state index contributed by atoms with van der Waals surface area (Å²) in [5.41, 5.74) is -2.92. The number of methoxy groups -OCH3 is 1. The summed E-state index contributed by atoms with van der Waals surface area (Å²) in [7, 11) is -0.849. The highest BCUT2D eigenvalue weighted by atomic mass is 127. The van der Waals surface area contributed by atoms with Crippen LogP contribution in [0.2, 0.25) is 18.1 Å². The van der Waals surface area contributed by atoms with Crippen molar-refractivity contribution in [2.24, 2.45) is 0 Å². The van der Waals surface area contributed by atoms with Gasteiger partial charge in [0.15, 0.2) is 20.7 Å². The molecule has 256 valence electrons. The van der Waals surface area contributed by atoms with E-state index in [1.165, 1.54) is 0 Å². The highest BCUT2D eigenvalue weighted by molar-refractivity contribution is 14.1. The largest absolute Gasteiger partial charge is 0.497 e. The second-order valence-corrected chi connectivity index (χ2v) is 19.1. The zero-order valence-electron chi connectivity index (χ0n) is 27.8. The number of H-pyrrole nitrogens is 1. The number of rotatable bonds is 11. The summed E-state index contributed by atoms with van der Waals surface area (Å²) in [6.07, 6.45) is -4.31. The Morgan fingerprint density at radius 1 is 0.938 bits per heavy atom. The Labute approximate surface area is 293 Å². The molecule has 0 spiro atoms. The molecule has 4 atom stereocenters. The monoisotopic (exact) mass is 790 g/mol. The third-order valence-corrected chi connectivity index (χ3v) is 15.3. The minimum Gasteiger partial charge on any atom is -0.497 e. The van der Waals surface area contributed by atoms with Gasteiger partial charge in [-0.15, -0.1) is 0 Å². The van der Waals surface area contributed by atoms with Crippen LogP contribution in [-0.4, -0.2) is 53.9 Å². The number of nitrogens with zero attached hydrogens (tertiary/aromatic N) is 1. The summed E-state index contributed by atoms with van der Waals surface area (Å²) >= 11 is 2.12. The third-order valence-electron chi connectivity index (χ3n) is 9.50. The number of aromatic nitrogens is 2. The van der Waals surface area contributed by atoms with Crippen molar-refractivity contribution in [3.63, 3.8) is 0 Å². The number of aromatic amines is 1. The highest BCUT2D eigenvalue weighted by Crippen LogP contribution is 2.50. The molecule has 12 heteroatoms. The summed E-state index contributed by atoms with van der Waals surface area (Å²) in [5.74, 6) is -0.612. The molecule has 0 saturated carbocycles. The fraction of sp³-hybridized carbons (Fsp3) is 0.389. The number of ether oxygens (including phenoxy) is 3. The smallest absolute Gasteiger partial charge is 0.330 e. The van der Waals surface area contributed by atoms with Crippen LogP contribution in [0.3, 0.4) is 0 Å². The van der Waals surface area contributed by atoms with Crippen molar-refractivity contribution in [2.45, 2.75) is 68.6 Å². The quantitative estimate of drug-likeness (QED) is 0.0754. The molecule has 3 aromatic carbocycles. The van der Waals surface area contributed by atoms with Gasteiger partial charge in [0.25, 0.3) is 5.56 Å². The van der Waals surface area contributed by atoms with E-state index in [0.29, 0.717) is 17.5 Å². The molecule has 1 N–H and O–H groups in total. The van der Waals surface area contributed by atoms with Crippen LogP contribution in [0.1, 0.15) is 43.7 Å². The molecule has 48 heavy (non-hydrogen) atoms. The van der Waals surface area contributed by atoms with E-state index in [2.05, 4.69) is 56.5 Å². The topological polar surface area (TPSA) is 91.8 Å². The van der Waals surface area contributed by atoms with Gasteiger partial charge in [0.05, 0.1) is 19.9 Å². The second-order valence-electron chi connectivity index (χ2n) is 13.5. The average molecular weight is 791 g/mol. The maximum absolute atomic E-state index is 17.4. The van der Waals surface area contributed by atoms with Gasteiger partial charge in [0.2, 0.25) is 5.82 Å². The van der Waals surface area contributed by atoms with Crippen molar-refractivity contribution >= 4 is 30.9 Å². The van der Waals surface area contributed by atoms with E-state index in [9.17, 15) is 14.0 Å². The Kier molecular flexibility index (Phi) is 10.5. The second kappa shape index (κ2) is 14.0. The van der Waals surface area contributed by atoms with Gasteiger partial charge in [0.1, 0.15) is 23.1 Å². The lowest BCUT2D eigenvalue weighted by Crippen LogP contribution is -2.55. The lowest BCUT2D eigenvalue weighted by molar-refractivity contribution is -0.150. The molecule has 0 bridgehead atoms. The first-order valence-corrected chi connectivity index (χ1v) is 20.1. The van der Waals surface area contributed by atoms with Crippen molar-refractivity contribution in [2.75, 3.05) is 18.1 Å². The Hall–Kier alpha value is -3.17. The van der Waals surface area contributed by atoms with E-state index < -0.39 is 55.1 Å². The van der Waals surface area contributed by atoms with Crippen LogP contribution >= 0.6 is 22.6 Å². The minimum absolute atomic E-state index is 0.0587. The minimum atomic E-state index is -2.43. The molecule has 4 aromatic rings. The third kappa shape index (κ3) is 6.69. The lowest BCUT2D eigenvalue weighted by Gasteiger charge is -2.44. The Balaban J connectivity index is 1.75. The molecule has 1 aliphatic rings. The number of hydrogen-bond donors (Lipinski definition) is 1. The summed E-state index contributed by atoms with van der Waals surface area (Å²) < 4.78 is 58.9. The summed E-state index contributed by atoms with van der Waals surface area (Å²) in [6.45, 7) is 10.4. The first kappa shape index (κ1) is 36.1. The first-order chi connectivity index (χ1) is 22.7. The molecule has 0 unspecified atom stereocenters. The van der Waals surface area contributed by atoms with Gasteiger partial charge < -0.3 is 18.6 Å². The van der Waals surface area contributed by atoms with Gasteiger partial charge in [-0.3, -0.25) is 14.3 Å². The van der Waals surface area contributed by atoms with Crippen LogP contribution in [0.4, 0.5) is 8.78 Å². The molecular formula is C36H41F2IN2O6Si. The molecule has 0 radical (unpaired) electrons. The van der Waals surface area contributed by atoms with Crippen molar-refractivity contribution < 1.29 is 27.4 Å². The van der Waals surface area contributed by atoms with E-state index in [1.54, 1.807) is 7.11 Å². The van der Waals surface area contributed by atoms with E-state index in [4.69, 9.17) is 18.6 Å². The number of alkyl halides is 2. The average Bonchev–Trinajstić information content (AvgIpc) is 3.35. The van der Waals surface area contributed by atoms with Gasteiger partial charge >= 0.3 is 5.69 Å². The first-order valence-electron chi connectivity index (χ1n) is 15.7. The zero-order valence-corrected chi connectivity index (χ0v) is 31.0. The SMILES string of the molecule is COc1ccc(C(O[C@H]2[C@H](F)[C@H](n3cc(F)c(=O)[nH]c3=O)O[C@]2(CI)CO[Si](C)(C)C(C)(C)C)(c2ccccc2)c2ccccc2)cc1. The molecule has 1 fully saturated rings. The van der Waals surface area contributed by atoms with E-state index in [-0.39, 0.29) is 16.1 Å². The van der Waals surface area contributed by atoms with Gasteiger partial charge in [-0.25, -0.2) is 9.18 Å². The number of hydrogen-bond acceptors (Lipinski definition) is 6. The Bertz CT molecular complexity index is 1780. The van der Waals surface area contributed by atoms with Gasteiger partial charge in [0, 0.05) is 4.43 Å². The maximum Gasteiger partial charge on any atom is 0.330 e. The number of benzene rings is 3. The van der Waals surface area contributed by atoms with E-state index in [0.717, 1.165) is 15.7 Å². The Morgan fingerprint density at radius 2 is 1.48 bits per heavy atom. The van der Waals surface area contributed by atoms with E-state index in [1.807, 2.05) is 89.9 Å². The fourth-order valence-corrected chi connectivity index (χ4v) is 7.56. The Morgan fingerprint density at radius 3 is 1.98 bits per heavy atom. The number of halogens is 3. The standard InChI is InChI=1S/C36H41F2IN2O6Si/c1-34(2,3)48(5,6)45-23-35(22-39)30(29(38)32(47-35)41-21-28(37)31(42)40-33(41)43)46-36(24-13-9-7-10-14-24,25-15-11-8-12-16-25)26-17-19-27(44-4)20-18-26/h7-21,29-30,32H,22-23H2,1-6H3,(H,40,42,43)/t29-,30-,32+,35+/m0/s1. The normalized spacial score (nSPS) is 21.7. The zero-order chi connectivity index (χ0) is 34.9. The maximum atomic E-state index is 17.4. The predicted molar refractivity (Wildman–Crippen MR) is 192 cm³/mol. The molecule has 0 aliphatic carbocycles. The molecule has 2 heterocycles. The highest BCUT2D eigenvalue weighted by Gasteiger charge is 2.61. The summed E-state index contributed by atoms with van der Waals surface area (Å²) in [4.78, 5) is 26.9. The fourth-order valence-electron chi connectivity index (χ4n) is 5.69. The molecular weight excluding hydrogens is 749 g/mol. The van der Waals surface area contributed by atoms with Crippen LogP contribution in [0.5, 0.6) is 5.75 Å². The van der Waals surface area contributed by atoms with Gasteiger partial charge in [-0.05, 0) is 47.0 Å².